The fourth-order valence-electron chi connectivity index (χ4n) is 4.67. The van der Waals surface area contributed by atoms with Crippen LogP contribution in [0, 0.1) is 17.7 Å². The van der Waals surface area contributed by atoms with E-state index in [4.69, 9.17) is 4.74 Å². The Morgan fingerprint density at radius 1 is 1.05 bits per heavy atom. The van der Waals surface area contributed by atoms with Gasteiger partial charge in [0.15, 0.2) is 0 Å². The van der Waals surface area contributed by atoms with E-state index in [1.54, 1.807) is 0 Å². The first kappa shape index (κ1) is 27.6. The molecule has 40 heavy (non-hydrogen) atoms. The first-order valence-corrected chi connectivity index (χ1v) is 13.2. The van der Waals surface area contributed by atoms with Crippen LogP contribution in [-0.2, 0) is 21.0 Å². The summed E-state index contributed by atoms with van der Waals surface area (Å²) in [6.07, 6.45) is -5.51. The summed E-state index contributed by atoms with van der Waals surface area (Å²) in [4.78, 5) is 10.8. The summed E-state index contributed by atoms with van der Waals surface area (Å²) >= 11 is 0. The molecular weight excluding hydrogens is 568 g/mol. The van der Waals surface area contributed by atoms with Gasteiger partial charge < -0.3 is 14.6 Å². The van der Waals surface area contributed by atoms with Gasteiger partial charge in [0.25, 0.3) is 10.0 Å². The van der Waals surface area contributed by atoms with Crippen LogP contribution in [0.4, 0.5) is 32.0 Å². The monoisotopic (exact) mass is 587 g/mol. The van der Waals surface area contributed by atoms with Crippen molar-refractivity contribution >= 4 is 21.7 Å². The zero-order valence-corrected chi connectivity index (χ0v) is 20.9. The predicted molar refractivity (Wildman–Crippen MR) is 128 cm³/mol. The Labute approximate surface area is 223 Å². The number of rotatable bonds is 7. The molecule has 1 saturated carbocycles. The number of aliphatic carboxylic acids is 1. The highest BCUT2D eigenvalue weighted by atomic mass is 32.2. The Bertz CT molecular complexity index is 1580. The van der Waals surface area contributed by atoms with E-state index in [1.807, 2.05) is 0 Å². The molecule has 1 unspecified atom stereocenters. The molecule has 3 aromatic rings. The second-order valence-corrected chi connectivity index (χ2v) is 11.2. The van der Waals surface area contributed by atoms with Crippen molar-refractivity contribution in [2.75, 3.05) is 10.8 Å². The maximum absolute atomic E-state index is 14.2. The van der Waals surface area contributed by atoms with E-state index in [-0.39, 0.29) is 29.0 Å². The number of alkyl halides is 5. The molecule has 3 atom stereocenters. The third-order valence-electron chi connectivity index (χ3n) is 6.67. The van der Waals surface area contributed by atoms with Gasteiger partial charge in [-0.3, -0.25) is 9.10 Å². The second-order valence-electron chi connectivity index (χ2n) is 9.30. The lowest BCUT2D eigenvalue weighted by atomic mass is 10.0. The molecule has 1 aliphatic heterocycles. The van der Waals surface area contributed by atoms with E-state index in [1.165, 1.54) is 18.2 Å². The molecule has 0 radical (unpaired) electrons. The lowest BCUT2D eigenvalue weighted by Crippen LogP contribution is -2.45. The SMILES string of the molecule is O=C(O)[C@H]1CC1[C@H]1CN(S(=O)(=O)c2cccc(C(F)(F)F)c2)c2cc(-c3cc(F)cc(OC(F)F)c3)ccc2O1. The Morgan fingerprint density at radius 3 is 2.45 bits per heavy atom. The van der Waals surface area contributed by atoms with Crippen molar-refractivity contribution in [3.05, 3.63) is 72.0 Å². The lowest BCUT2D eigenvalue weighted by Gasteiger charge is -2.36. The number of fused-ring (bicyclic) bond motifs is 1. The van der Waals surface area contributed by atoms with Crippen LogP contribution in [0.5, 0.6) is 11.5 Å². The summed E-state index contributed by atoms with van der Waals surface area (Å²) in [6.45, 7) is -3.64. The van der Waals surface area contributed by atoms with Gasteiger partial charge in [-0.25, -0.2) is 12.8 Å². The van der Waals surface area contributed by atoms with Gasteiger partial charge >= 0.3 is 18.8 Å². The third-order valence-corrected chi connectivity index (χ3v) is 8.44. The topological polar surface area (TPSA) is 93.1 Å². The highest BCUT2D eigenvalue weighted by Gasteiger charge is 2.52. The molecule has 1 fully saturated rings. The predicted octanol–water partition coefficient (Wildman–Crippen LogP) is 5.79. The highest BCUT2D eigenvalue weighted by molar-refractivity contribution is 7.92. The van der Waals surface area contributed by atoms with Crippen LogP contribution in [0.15, 0.2) is 65.6 Å². The molecule has 0 bridgehead atoms. The van der Waals surface area contributed by atoms with Crippen LogP contribution in [-0.4, -0.2) is 38.8 Å². The second kappa shape index (κ2) is 9.91. The zero-order chi connectivity index (χ0) is 29.0. The maximum Gasteiger partial charge on any atom is 0.416 e. The smallest absolute Gasteiger partial charge is 0.416 e. The van der Waals surface area contributed by atoms with Gasteiger partial charge in [0.05, 0.1) is 28.6 Å². The fourth-order valence-corrected chi connectivity index (χ4v) is 6.20. The number of ether oxygens (including phenoxy) is 2. The van der Waals surface area contributed by atoms with Gasteiger partial charge in [0.2, 0.25) is 0 Å². The van der Waals surface area contributed by atoms with Crippen LogP contribution < -0.4 is 13.8 Å². The van der Waals surface area contributed by atoms with Crippen LogP contribution in [0.2, 0.25) is 0 Å². The van der Waals surface area contributed by atoms with Crippen molar-refractivity contribution < 1.29 is 54.1 Å². The molecule has 212 valence electrons. The summed E-state index contributed by atoms with van der Waals surface area (Å²) in [5, 5.41) is 9.34. The van der Waals surface area contributed by atoms with E-state index in [9.17, 15) is 44.7 Å². The van der Waals surface area contributed by atoms with Crippen molar-refractivity contribution in [1.82, 2.24) is 0 Å². The molecule has 3 aromatic carbocycles. The van der Waals surface area contributed by atoms with Crippen molar-refractivity contribution in [3.8, 4) is 22.6 Å². The molecule has 1 heterocycles. The number of sulfonamides is 1. The molecule has 0 spiro atoms. The Balaban J connectivity index is 1.60. The summed E-state index contributed by atoms with van der Waals surface area (Å²) in [5.74, 6) is -3.81. The normalized spacial score (nSPS) is 20.6. The van der Waals surface area contributed by atoms with Crippen LogP contribution in [0.1, 0.15) is 12.0 Å². The Kier molecular flexibility index (Phi) is 6.84. The number of carboxylic acid groups (broad SMARTS) is 1. The number of carbonyl (C=O) groups is 1. The van der Waals surface area contributed by atoms with E-state index in [0.717, 1.165) is 40.7 Å². The van der Waals surface area contributed by atoms with Gasteiger partial charge in [0.1, 0.15) is 23.4 Å². The molecule has 7 nitrogen and oxygen atoms in total. The molecule has 1 N–H and O–H groups in total. The Morgan fingerprint density at radius 2 is 1.80 bits per heavy atom. The molecule has 14 heteroatoms. The molecule has 2 aliphatic rings. The zero-order valence-electron chi connectivity index (χ0n) is 20.1. The van der Waals surface area contributed by atoms with Gasteiger partial charge in [-0.1, -0.05) is 12.1 Å². The number of carboxylic acids is 1. The van der Waals surface area contributed by atoms with Gasteiger partial charge in [-0.2, -0.15) is 22.0 Å². The quantitative estimate of drug-likeness (QED) is 0.352. The lowest BCUT2D eigenvalue weighted by molar-refractivity contribution is -0.139. The summed E-state index contributed by atoms with van der Waals surface area (Å²) in [6, 6.07) is 10.00. The van der Waals surface area contributed by atoms with Gasteiger partial charge in [0, 0.05) is 12.0 Å². The van der Waals surface area contributed by atoms with Crippen LogP contribution >= 0.6 is 0 Å². The molecule has 0 aromatic heterocycles. The molecular formula is C26H19F6NO6S. The van der Waals surface area contributed by atoms with Gasteiger partial charge in [-0.15, -0.1) is 0 Å². The van der Waals surface area contributed by atoms with Crippen molar-refractivity contribution in [2.24, 2.45) is 11.8 Å². The fraction of sp³-hybridized carbons (Fsp3) is 0.269. The Hall–Kier alpha value is -3.94. The third kappa shape index (κ3) is 5.40. The molecule has 0 amide bonds. The molecule has 0 saturated heterocycles. The number of hydrogen-bond donors (Lipinski definition) is 1. The average molecular weight is 587 g/mol. The standard InChI is InChI=1S/C26H19F6NO6S/c27-16-6-14(7-17(10-16)38-25(28)29)13-4-5-22-21(8-13)33(12-23(39-22)19-11-20(19)24(34)35)40(36,37)18-3-1-2-15(9-18)26(30,31)32/h1-10,19-20,23,25H,11-12H2,(H,34,35)/t19?,20-,23+/m0/s1. The van der Waals surface area contributed by atoms with Crippen LogP contribution in [0.3, 0.4) is 0 Å². The molecule has 5 rings (SSSR count). The van der Waals surface area contributed by atoms with Crippen molar-refractivity contribution in [2.45, 2.75) is 30.2 Å². The number of anilines is 1. The van der Waals surface area contributed by atoms with Crippen molar-refractivity contribution in [1.29, 1.82) is 0 Å². The van der Waals surface area contributed by atoms with E-state index in [2.05, 4.69) is 4.74 Å². The van der Waals surface area contributed by atoms with Gasteiger partial charge in [-0.05, 0) is 60.0 Å². The van der Waals surface area contributed by atoms with Crippen molar-refractivity contribution in [3.63, 3.8) is 0 Å². The van der Waals surface area contributed by atoms with E-state index >= 15 is 0 Å². The molecule has 1 aliphatic carbocycles. The maximum atomic E-state index is 14.2. The van der Waals surface area contributed by atoms with E-state index in [0.29, 0.717) is 6.07 Å². The van der Waals surface area contributed by atoms with Crippen LogP contribution in [0.25, 0.3) is 11.1 Å². The summed E-state index contributed by atoms with van der Waals surface area (Å²) in [5.41, 5.74) is -1.09. The number of hydrogen-bond acceptors (Lipinski definition) is 5. The summed E-state index contributed by atoms with van der Waals surface area (Å²) < 4.78 is 118. The minimum Gasteiger partial charge on any atom is -0.486 e. The average Bonchev–Trinajstić information content (AvgIpc) is 3.68. The first-order chi connectivity index (χ1) is 18.7. The number of nitrogens with zero attached hydrogens (tertiary/aromatic N) is 1. The number of halogens is 6. The largest absolute Gasteiger partial charge is 0.486 e. The summed E-state index contributed by atoms with van der Waals surface area (Å²) in [7, 11) is -4.66. The highest BCUT2D eigenvalue weighted by Crippen LogP contribution is 2.48. The first-order valence-electron chi connectivity index (χ1n) is 11.7. The minimum atomic E-state index is -4.82. The number of benzene rings is 3. The minimum absolute atomic E-state index is 0.00736. The van der Waals surface area contributed by atoms with E-state index < -0.39 is 75.3 Å².